The van der Waals surface area contributed by atoms with Gasteiger partial charge >= 0.3 is 0 Å². The van der Waals surface area contributed by atoms with E-state index in [2.05, 4.69) is 59.2 Å². The molecule has 2 radical (unpaired) electrons. The lowest BCUT2D eigenvalue weighted by atomic mass is 9.95. The summed E-state index contributed by atoms with van der Waals surface area (Å²) in [6, 6.07) is 48.8. The van der Waals surface area contributed by atoms with Gasteiger partial charge in [-0.15, -0.1) is 0 Å². The van der Waals surface area contributed by atoms with Gasteiger partial charge in [0.05, 0.1) is 12.2 Å². The van der Waals surface area contributed by atoms with E-state index in [9.17, 15) is 0 Å². The SMILES string of the molecule is [B]c1ccc(-c2ccc(CN=C(N=C(N=C)c3ccccc3)c3cc(-c4ccccc4)cc(-c4ccccc4)c3)cn2)cc1. The molecule has 6 aromatic rings. The van der Waals surface area contributed by atoms with Gasteiger partial charge in [-0.2, -0.15) is 0 Å². The van der Waals surface area contributed by atoms with E-state index in [-0.39, 0.29) is 0 Å². The average molecular weight is 565 g/mol. The fourth-order valence-corrected chi connectivity index (χ4v) is 4.93. The Morgan fingerprint density at radius 2 is 1.16 bits per heavy atom. The maximum atomic E-state index is 5.85. The predicted molar refractivity (Wildman–Crippen MR) is 185 cm³/mol. The van der Waals surface area contributed by atoms with E-state index in [1.165, 1.54) is 0 Å². The number of hydrogen-bond donors (Lipinski definition) is 0. The van der Waals surface area contributed by atoms with Crippen molar-refractivity contribution < 1.29 is 0 Å². The molecular weight excluding hydrogens is 535 g/mol. The Balaban J connectivity index is 1.44. The molecule has 0 bridgehead atoms. The molecule has 208 valence electrons. The molecule has 0 N–H and O–H groups in total. The zero-order chi connectivity index (χ0) is 30.1. The molecular formula is C39H29BN4. The molecule has 0 saturated heterocycles. The molecule has 0 fully saturated rings. The first-order valence-electron chi connectivity index (χ1n) is 14.4. The monoisotopic (exact) mass is 564 g/mol. The Kier molecular flexibility index (Phi) is 8.75. The fourth-order valence-electron chi connectivity index (χ4n) is 4.93. The van der Waals surface area contributed by atoms with Crippen LogP contribution in [0.5, 0.6) is 0 Å². The molecule has 0 aliphatic heterocycles. The van der Waals surface area contributed by atoms with E-state index in [0.29, 0.717) is 18.2 Å². The largest absolute Gasteiger partial charge is 0.261 e. The normalized spacial score (nSPS) is 11.7. The molecule has 0 aliphatic carbocycles. The van der Waals surface area contributed by atoms with E-state index in [1.54, 1.807) is 0 Å². The number of benzene rings is 5. The summed E-state index contributed by atoms with van der Waals surface area (Å²) in [5.74, 6) is 1.07. The Morgan fingerprint density at radius 3 is 1.70 bits per heavy atom. The Bertz CT molecular complexity index is 1860. The average Bonchev–Trinajstić information content (AvgIpc) is 3.10. The first-order chi connectivity index (χ1) is 21.7. The highest BCUT2D eigenvalue weighted by Crippen LogP contribution is 2.29. The van der Waals surface area contributed by atoms with Gasteiger partial charge in [0.15, 0.2) is 11.7 Å². The lowest BCUT2D eigenvalue weighted by Gasteiger charge is -2.12. The smallest absolute Gasteiger partial charge is 0.161 e. The van der Waals surface area contributed by atoms with Gasteiger partial charge in [-0.3, -0.25) is 9.98 Å². The van der Waals surface area contributed by atoms with E-state index >= 15 is 0 Å². The highest BCUT2D eigenvalue weighted by molar-refractivity contribution is 6.32. The second-order valence-electron chi connectivity index (χ2n) is 10.3. The van der Waals surface area contributed by atoms with E-state index in [1.807, 2.05) is 109 Å². The van der Waals surface area contributed by atoms with Crippen LogP contribution in [0, 0.1) is 0 Å². The topological polar surface area (TPSA) is 50.0 Å². The zero-order valence-electron chi connectivity index (χ0n) is 24.2. The second-order valence-corrected chi connectivity index (χ2v) is 10.3. The van der Waals surface area contributed by atoms with Crippen molar-refractivity contribution in [2.45, 2.75) is 6.54 Å². The van der Waals surface area contributed by atoms with Crippen molar-refractivity contribution in [3.63, 3.8) is 0 Å². The lowest BCUT2D eigenvalue weighted by Crippen LogP contribution is -2.06. The third-order valence-electron chi connectivity index (χ3n) is 7.24. The fraction of sp³-hybridized carbons (Fsp3) is 0.0256. The summed E-state index contributed by atoms with van der Waals surface area (Å²) >= 11 is 0. The molecule has 0 spiro atoms. The Morgan fingerprint density at radius 1 is 0.568 bits per heavy atom. The number of hydrogen-bond acceptors (Lipinski definition) is 2. The van der Waals surface area contributed by atoms with Crippen LogP contribution < -0.4 is 5.46 Å². The van der Waals surface area contributed by atoms with Crippen LogP contribution >= 0.6 is 0 Å². The summed E-state index contributed by atoms with van der Waals surface area (Å²) in [6.45, 7) is 4.22. The molecule has 0 amide bonds. The molecule has 44 heavy (non-hydrogen) atoms. The van der Waals surface area contributed by atoms with E-state index in [4.69, 9.17) is 17.8 Å². The van der Waals surface area contributed by atoms with Crippen LogP contribution in [0.25, 0.3) is 33.5 Å². The van der Waals surface area contributed by atoms with Gasteiger partial charge in [0.25, 0.3) is 0 Å². The van der Waals surface area contributed by atoms with Crippen LogP contribution in [0.2, 0.25) is 0 Å². The van der Waals surface area contributed by atoms with Crippen LogP contribution in [0.1, 0.15) is 16.7 Å². The van der Waals surface area contributed by atoms with Gasteiger partial charge in [-0.05, 0) is 58.8 Å². The predicted octanol–water partition coefficient (Wildman–Crippen LogP) is 7.97. The second kappa shape index (κ2) is 13.5. The van der Waals surface area contributed by atoms with Crippen molar-refractivity contribution in [1.82, 2.24) is 4.98 Å². The van der Waals surface area contributed by atoms with Crippen molar-refractivity contribution in [2.75, 3.05) is 0 Å². The summed E-state index contributed by atoms with van der Waals surface area (Å²) in [5.41, 5.74) is 9.71. The number of aromatic nitrogens is 1. The minimum atomic E-state index is 0.392. The highest BCUT2D eigenvalue weighted by Gasteiger charge is 2.12. The van der Waals surface area contributed by atoms with Gasteiger partial charge < -0.3 is 0 Å². The molecule has 0 aliphatic rings. The minimum absolute atomic E-state index is 0.392. The van der Waals surface area contributed by atoms with E-state index in [0.717, 1.165) is 55.7 Å². The van der Waals surface area contributed by atoms with Gasteiger partial charge in [-0.25, -0.2) is 9.98 Å². The lowest BCUT2D eigenvalue weighted by molar-refractivity contribution is 1.04. The van der Waals surface area contributed by atoms with Gasteiger partial charge in [0.2, 0.25) is 0 Å². The third-order valence-corrected chi connectivity index (χ3v) is 7.24. The van der Waals surface area contributed by atoms with Crippen molar-refractivity contribution in [3.05, 3.63) is 168 Å². The van der Waals surface area contributed by atoms with Crippen LogP contribution in [0.15, 0.2) is 167 Å². The number of nitrogens with zero attached hydrogens (tertiary/aromatic N) is 4. The summed E-state index contributed by atoms with van der Waals surface area (Å²) in [5, 5.41) is 0. The van der Waals surface area contributed by atoms with Crippen molar-refractivity contribution >= 4 is 31.7 Å². The number of pyridine rings is 1. The van der Waals surface area contributed by atoms with Gasteiger partial charge in [0.1, 0.15) is 7.85 Å². The molecule has 0 saturated carbocycles. The number of rotatable bonds is 7. The van der Waals surface area contributed by atoms with Crippen LogP contribution in [0.3, 0.4) is 0 Å². The zero-order valence-corrected chi connectivity index (χ0v) is 24.2. The Hall–Kier alpha value is -5.68. The maximum absolute atomic E-state index is 5.85. The number of amidine groups is 2. The molecule has 0 atom stereocenters. The first-order valence-corrected chi connectivity index (χ1v) is 14.4. The van der Waals surface area contributed by atoms with Gasteiger partial charge in [-0.1, -0.05) is 127 Å². The highest BCUT2D eigenvalue weighted by atomic mass is 15.0. The Labute approximate surface area is 259 Å². The maximum Gasteiger partial charge on any atom is 0.161 e. The number of aliphatic imine (C=N–C) groups is 3. The van der Waals surface area contributed by atoms with Gasteiger partial charge in [0, 0.05) is 22.9 Å². The molecule has 5 heteroatoms. The summed E-state index contributed by atoms with van der Waals surface area (Å²) in [6.07, 6.45) is 1.86. The molecule has 0 unspecified atom stereocenters. The quantitative estimate of drug-likeness (QED) is 0.110. The standard InChI is InChI=1S/C39H29BN4/c1-41-38(32-15-9-4-10-16-32)44-39(43-27-28-17-22-37(42-26-28)31-18-20-36(40)21-19-31)35-24-33(29-11-5-2-6-12-29)23-34(25-35)30-13-7-3-8-14-30/h2-26H,1,27H2. The van der Waals surface area contributed by atoms with Crippen molar-refractivity contribution in [3.8, 4) is 33.5 Å². The first kappa shape index (κ1) is 28.4. The van der Waals surface area contributed by atoms with E-state index < -0.39 is 0 Å². The summed E-state index contributed by atoms with van der Waals surface area (Å²) in [4.78, 5) is 19.0. The summed E-state index contributed by atoms with van der Waals surface area (Å²) < 4.78 is 0. The third kappa shape index (κ3) is 6.85. The van der Waals surface area contributed by atoms with Crippen LogP contribution in [-0.2, 0) is 6.54 Å². The minimum Gasteiger partial charge on any atom is -0.261 e. The molecule has 4 nitrogen and oxygen atoms in total. The van der Waals surface area contributed by atoms with Crippen LogP contribution in [-0.4, -0.2) is 31.2 Å². The molecule has 1 aromatic heterocycles. The molecule has 1 heterocycles. The molecule has 6 rings (SSSR count). The van der Waals surface area contributed by atoms with Crippen LogP contribution in [0.4, 0.5) is 0 Å². The van der Waals surface area contributed by atoms with Crippen molar-refractivity contribution in [2.24, 2.45) is 15.0 Å². The van der Waals surface area contributed by atoms with Crippen molar-refractivity contribution in [1.29, 1.82) is 0 Å². The molecule has 5 aromatic carbocycles. The summed E-state index contributed by atoms with van der Waals surface area (Å²) in [7, 11) is 5.85.